The number of ether oxygens (including phenoxy) is 1. The summed E-state index contributed by atoms with van der Waals surface area (Å²) in [5.41, 5.74) is 1.87. The van der Waals surface area contributed by atoms with Crippen molar-refractivity contribution in [2.75, 3.05) is 32.8 Å². The lowest BCUT2D eigenvalue weighted by Crippen LogP contribution is -2.26. The van der Waals surface area contributed by atoms with Crippen LogP contribution in [0.5, 0.6) is 5.75 Å². The maximum Gasteiger partial charge on any atom is 0.129 e. The van der Waals surface area contributed by atoms with Crippen LogP contribution in [0.1, 0.15) is 32.3 Å². The van der Waals surface area contributed by atoms with Gasteiger partial charge in [0.15, 0.2) is 0 Å². The zero-order valence-electron chi connectivity index (χ0n) is 13.2. The first kappa shape index (κ1) is 19.1. The van der Waals surface area contributed by atoms with Gasteiger partial charge in [-0.3, -0.25) is 0 Å². The van der Waals surface area contributed by atoms with Crippen LogP contribution in [0.25, 0.3) is 0 Å². The van der Waals surface area contributed by atoms with Crippen LogP contribution >= 0.6 is 24.0 Å². The maximum absolute atomic E-state index is 6.08. The van der Waals surface area contributed by atoms with Gasteiger partial charge in [-0.25, -0.2) is 0 Å². The Morgan fingerprint density at radius 2 is 2.09 bits per heavy atom. The monoisotopic (exact) mass is 346 g/mol. The van der Waals surface area contributed by atoms with Crippen molar-refractivity contribution >= 4 is 29.7 Å². The fraction of sp³-hybridized carbons (Fsp3) is 0.562. The molecule has 0 saturated carbocycles. The van der Waals surface area contributed by atoms with Gasteiger partial charge in [0.2, 0.25) is 0 Å². The van der Waals surface area contributed by atoms with E-state index < -0.39 is 0 Å². The van der Waals surface area contributed by atoms with E-state index in [1.165, 1.54) is 0 Å². The first-order valence-corrected chi connectivity index (χ1v) is 7.96. The molecule has 0 N–H and O–H groups in total. The summed E-state index contributed by atoms with van der Waals surface area (Å²) in [6, 6.07) is 5.63. The lowest BCUT2D eigenvalue weighted by atomic mass is 10.1. The highest BCUT2D eigenvalue weighted by Gasteiger charge is 2.16. The van der Waals surface area contributed by atoms with Crippen molar-refractivity contribution in [3.05, 3.63) is 28.8 Å². The number of halogens is 2. The predicted octanol–water partition coefficient (Wildman–Crippen LogP) is 4.00. The Labute approximate surface area is 143 Å². The van der Waals surface area contributed by atoms with Gasteiger partial charge in [-0.1, -0.05) is 30.6 Å². The van der Waals surface area contributed by atoms with Gasteiger partial charge >= 0.3 is 0 Å². The van der Waals surface area contributed by atoms with Crippen LogP contribution in [0, 0.1) is 0 Å². The zero-order valence-corrected chi connectivity index (χ0v) is 14.8. The Morgan fingerprint density at radius 1 is 1.32 bits per heavy atom. The molecule has 0 aliphatic carbocycles. The minimum absolute atomic E-state index is 0. The molecule has 2 rings (SSSR count). The highest BCUT2D eigenvalue weighted by molar-refractivity contribution is 6.31. The molecule has 1 aromatic carbocycles. The molecule has 0 spiro atoms. The minimum Gasteiger partial charge on any atom is -0.493 e. The molecule has 124 valence electrons. The Balaban J connectivity index is 0.00000242. The van der Waals surface area contributed by atoms with E-state index in [0.717, 1.165) is 49.5 Å². The summed E-state index contributed by atoms with van der Waals surface area (Å²) in [4.78, 5) is 7.81. The van der Waals surface area contributed by atoms with Crippen molar-refractivity contribution in [2.45, 2.75) is 26.7 Å². The van der Waals surface area contributed by atoms with Gasteiger partial charge < -0.3 is 14.5 Å². The van der Waals surface area contributed by atoms with E-state index in [1.807, 2.05) is 18.2 Å². The SMILES string of the molecule is CCN(CC)CCO/N=C1/CCCOc2ccc(Cl)cc21.Cl. The van der Waals surface area contributed by atoms with Gasteiger partial charge in [-0.15, -0.1) is 12.4 Å². The summed E-state index contributed by atoms with van der Waals surface area (Å²) in [5, 5.41) is 5.01. The third-order valence-electron chi connectivity index (χ3n) is 3.64. The number of hydrogen-bond donors (Lipinski definition) is 0. The van der Waals surface area contributed by atoms with Gasteiger partial charge in [0.05, 0.1) is 12.3 Å². The second kappa shape index (κ2) is 9.93. The molecule has 1 aliphatic heterocycles. The highest BCUT2D eigenvalue weighted by atomic mass is 35.5. The molecule has 1 aromatic rings. The van der Waals surface area contributed by atoms with Gasteiger partial charge in [-0.05, 0) is 44.1 Å². The molecule has 0 unspecified atom stereocenters. The van der Waals surface area contributed by atoms with Crippen LogP contribution < -0.4 is 4.74 Å². The van der Waals surface area contributed by atoms with E-state index >= 15 is 0 Å². The Bertz CT molecular complexity index is 491. The number of likely N-dealkylation sites (N-methyl/N-ethyl adjacent to an activating group) is 1. The Kier molecular flexibility index (Phi) is 8.61. The molecule has 0 radical (unpaired) electrons. The molecule has 0 bridgehead atoms. The van der Waals surface area contributed by atoms with Gasteiger partial charge in [0.1, 0.15) is 12.4 Å². The molecule has 1 aliphatic rings. The summed E-state index contributed by atoms with van der Waals surface area (Å²) in [6.45, 7) is 8.55. The highest BCUT2D eigenvalue weighted by Crippen LogP contribution is 2.27. The summed E-state index contributed by atoms with van der Waals surface area (Å²) < 4.78 is 5.71. The predicted molar refractivity (Wildman–Crippen MR) is 93.7 cm³/mol. The fourth-order valence-corrected chi connectivity index (χ4v) is 2.51. The number of oxime groups is 1. The minimum atomic E-state index is 0. The molecule has 1 heterocycles. The van der Waals surface area contributed by atoms with Crippen molar-refractivity contribution in [1.29, 1.82) is 0 Å². The van der Waals surface area contributed by atoms with E-state index in [9.17, 15) is 0 Å². The van der Waals surface area contributed by atoms with Crippen LogP contribution in [0.15, 0.2) is 23.4 Å². The van der Waals surface area contributed by atoms with Gasteiger partial charge in [0, 0.05) is 17.1 Å². The number of nitrogens with zero attached hydrogens (tertiary/aromatic N) is 2. The summed E-state index contributed by atoms with van der Waals surface area (Å²) in [6.07, 6.45) is 1.78. The molecule has 0 saturated heterocycles. The topological polar surface area (TPSA) is 34.1 Å². The maximum atomic E-state index is 6.08. The van der Waals surface area contributed by atoms with Crippen LogP contribution in [-0.4, -0.2) is 43.5 Å². The van der Waals surface area contributed by atoms with Crippen molar-refractivity contribution in [3.63, 3.8) is 0 Å². The molecule has 4 nitrogen and oxygen atoms in total. The molecule has 0 aromatic heterocycles. The van der Waals surface area contributed by atoms with Crippen molar-refractivity contribution in [3.8, 4) is 5.75 Å². The Morgan fingerprint density at radius 3 is 2.82 bits per heavy atom. The average molecular weight is 347 g/mol. The molecule has 0 amide bonds. The third kappa shape index (κ3) is 5.34. The van der Waals surface area contributed by atoms with Crippen LogP contribution in [0.3, 0.4) is 0 Å². The second-order valence-electron chi connectivity index (χ2n) is 4.99. The van der Waals surface area contributed by atoms with Crippen molar-refractivity contribution in [2.24, 2.45) is 5.16 Å². The van der Waals surface area contributed by atoms with Gasteiger partial charge in [0.25, 0.3) is 0 Å². The first-order chi connectivity index (χ1) is 10.2. The summed E-state index contributed by atoms with van der Waals surface area (Å²) >= 11 is 6.08. The van der Waals surface area contributed by atoms with Crippen LogP contribution in [-0.2, 0) is 4.84 Å². The van der Waals surface area contributed by atoms with E-state index in [2.05, 4.69) is 23.9 Å². The molecule has 22 heavy (non-hydrogen) atoms. The smallest absolute Gasteiger partial charge is 0.129 e. The van der Waals surface area contributed by atoms with E-state index in [1.54, 1.807) is 0 Å². The molecule has 0 atom stereocenters. The quantitative estimate of drug-likeness (QED) is 0.576. The lowest BCUT2D eigenvalue weighted by Gasteiger charge is -2.16. The van der Waals surface area contributed by atoms with E-state index in [4.69, 9.17) is 21.2 Å². The van der Waals surface area contributed by atoms with Crippen molar-refractivity contribution < 1.29 is 9.57 Å². The number of rotatable bonds is 6. The number of benzene rings is 1. The third-order valence-corrected chi connectivity index (χ3v) is 3.87. The molecule has 0 fully saturated rings. The van der Waals surface area contributed by atoms with E-state index in [0.29, 0.717) is 18.2 Å². The molecule has 6 heteroatoms. The fourth-order valence-electron chi connectivity index (χ4n) is 2.34. The number of fused-ring (bicyclic) bond motifs is 1. The largest absolute Gasteiger partial charge is 0.493 e. The molecular weight excluding hydrogens is 323 g/mol. The zero-order chi connectivity index (χ0) is 15.1. The Hall–Kier alpha value is -0.970. The summed E-state index contributed by atoms with van der Waals surface area (Å²) in [7, 11) is 0. The summed E-state index contributed by atoms with van der Waals surface area (Å²) in [5.74, 6) is 0.836. The van der Waals surface area contributed by atoms with Gasteiger partial charge in [-0.2, -0.15) is 0 Å². The molecular formula is C16H24Cl2N2O2. The standard InChI is InChI=1S/C16H23ClN2O2.ClH/c1-3-19(4-2)9-11-21-18-15-6-5-10-20-16-8-7-13(17)12-14(15)16;/h7-8,12H,3-6,9-11H2,1-2H3;1H/b18-15-;. The number of hydrogen-bond acceptors (Lipinski definition) is 4. The normalized spacial score (nSPS) is 15.7. The van der Waals surface area contributed by atoms with Crippen LogP contribution in [0.4, 0.5) is 0 Å². The second-order valence-corrected chi connectivity index (χ2v) is 5.43. The first-order valence-electron chi connectivity index (χ1n) is 7.58. The lowest BCUT2D eigenvalue weighted by molar-refractivity contribution is 0.114. The average Bonchev–Trinajstić information content (AvgIpc) is 2.69. The van der Waals surface area contributed by atoms with Crippen LogP contribution in [0.2, 0.25) is 5.02 Å². The van der Waals surface area contributed by atoms with Crippen molar-refractivity contribution in [1.82, 2.24) is 4.90 Å². The van der Waals surface area contributed by atoms with E-state index in [-0.39, 0.29) is 12.4 Å².